The Hall–Kier alpha value is -2.56. The molecule has 0 bridgehead atoms. The van der Waals surface area contributed by atoms with Crippen LogP contribution in [-0.4, -0.2) is 35.6 Å². The van der Waals surface area contributed by atoms with Gasteiger partial charge in [0.25, 0.3) is 5.91 Å². The van der Waals surface area contributed by atoms with Crippen LogP contribution in [0, 0.1) is 0 Å². The molecule has 0 aliphatic heterocycles. The summed E-state index contributed by atoms with van der Waals surface area (Å²) in [4.78, 5) is 15.1. The lowest BCUT2D eigenvalue weighted by Gasteiger charge is -2.24. The molecule has 1 aromatic heterocycles. The maximum atomic E-state index is 13.2. The minimum absolute atomic E-state index is 0.0410. The van der Waals surface area contributed by atoms with Crippen molar-refractivity contribution in [3.05, 3.63) is 94.3 Å². The number of ether oxygens (including phenoxy) is 1. The Morgan fingerprint density at radius 2 is 1.83 bits per heavy atom. The number of amides is 1. The average Bonchev–Trinajstić information content (AvgIpc) is 3.21. The van der Waals surface area contributed by atoms with Crippen molar-refractivity contribution in [3.8, 4) is 0 Å². The lowest BCUT2D eigenvalue weighted by atomic mass is 10.1. The summed E-state index contributed by atoms with van der Waals surface area (Å²) < 4.78 is 7.35. The highest BCUT2D eigenvalue weighted by atomic mass is 35.5. The lowest BCUT2D eigenvalue weighted by molar-refractivity contribution is 0.0720. The molecule has 0 radical (unpaired) electrons. The van der Waals surface area contributed by atoms with Gasteiger partial charge in [0.05, 0.1) is 6.54 Å². The predicted molar refractivity (Wildman–Crippen MR) is 122 cm³/mol. The molecule has 0 N–H and O–H groups in total. The zero-order chi connectivity index (χ0) is 21.3. The van der Waals surface area contributed by atoms with Gasteiger partial charge in [0.2, 0.25) is 0 Å². The van der Waals surface area contributed by atoms with Crippen molar-refractivity contribution in [1.82, 2.24) is 9.47 Å². The smallest absolute Gasteiger partial charge is 0.254 e. The Morgan fingerprint density at radius 3 is 2.53 bits per heavy atom. The van der Waals surface area contributed by atoms with Crippen LogP contribution in [0.4, 0.5) is 0 Å². The number of benzene rings is 2. The van der Waals surface area contributed by atoms with E-state index in [0.29, 0.717) is 31.8 Å². The topological polar surface area (TPSA) is 34.5 Å². The number of hydrogen-bond acceptors (Lipinski definition) is 2. The van der Waals surface area contributed by atoms with E-state index in [1.807, 2.05) is 65.7 Å². The SMILES string of the molecule is CCc1ccc(C(=O)N(CCCOC)Cc2cccn2Cc2ccccc2Cl)cc1. The molecule has 1 amide bonds. The third-order valence-corrected chi connectivity index (χ3v) is 5.62. The van der Waals surface area contributed by atoms with Crippen LogP contribution in [0.15, 0.2) is 66.9 Å². The Kier molecular flexibility index (Phi) is 8.12. The minimum Gasteiger partial charge on any atom is -0.385 e. The summed E-state index contributed by atoms with van der Waals surface area (Å²) in [5, 5.41) is 0.751. The van der Waals surface area contributed by atoms with Gasteiger partial charge in [0.15, 0.2) is 0 Å². The van der Waals surface area contributed by atoms with Crippen molar-refractivity contribution >= 4 is 17.5 Å². The summed E-state index contributed by atoms with van der Waals surface area (Å²) in [6, 6.07) is 19.8. The standard InChI is InChI=1S/C25H29ClN2O2/c1-3-20-11-13-21(14-12-20)25(29)28(16-7-17-30-2)19-23-9-6-15-27(23)18-22-8-4-5-10-24(22)26/h4-6,8-15H,3,7,16-19H2,1-2H3. The normalized spacial score (nSPS) is 10.9. The molecule has 0 saturated heterocycles. The monoisotopic (exact) mass is 424 g/mol. The molecule has 0 saturated carbocycles. The fraction of sp³-hybridized carbons (Fsp3) is 0.320. The molecule has 3 rings (SSSR count). The van der Waals surface area contributed by atoms with E-state index in [9.17, 15) is 4.79 Å². The fourth-order valence-corrected chi connectivity index (χ4v) is 3.67. The Bertz CT molecular complexity index is 950. The molecule has 158 valence electrons. The minimum atomic E-state index is 0.0410. The largest absolute Gasteiger partial charge is 0.385 e. The van der Waals surface area contributed by atoms with Crippen molar-refractivity contribution in [3.63, 3.8) is 0 Å². The second-order valence-electron chi connectivity index (χ2n) is 7.34. The average molecular weight is 425 g/mol. The maximum absolute atomic E-state index is 13.2. The van der Waals surface area contributed by atoms with Gasteiger partial charge in [-0.1, -0.05) is 48.9 Å². The van der Waals surface area contributed by atoms with Crippen molar-refractivity contribution in [1.29, 1.82) is 0 Å². The van der Waals surface area contributed by atoms with E-state index in [-0.39, 0.29) is 5.91 Å². The van der Waals surface area contributed by atoms with Gasteiger partial charge in [-0.2, -0.15) is 0 Å². The van der Waals surface area contributed by atoms with Crippen LogP contribution in [0.2, 0.25) is 5.02 Å². The number of hydrogen-bond donors (Lipinski definition) is 0. The number of aryl methyl sites for hydroxylation is 1. The number of halogens is 1. The third-order valence-electron chi connectivity index (χ3n) is 5.25. The van der Waals surface area contributed by atoms with Crippen molar-refractivity contribution in [2.45, 2.75) is 32.9 Å². The van der Waals surface area contributed by atoms with Gasteiger partial charge in [-0.25, -0.2) is 0 Å². The number of methoxy groups -OCH3 is 1. The van der Waals surface area contributed by atoms with Crippen molar-refractivity contribution in [2.75, 3.05) is 20.3 Å². The summed E-state index contributed by atoms with van der Waals surface area (Å²) >= 11 is 6.35. The molecule has 5 heteroatoms. The number of carbonyl (C=O) groups excluding carboxylic acids is 1. The summed E-state index contributed by atoms with van der Waals surface area (Å²) in [5.41, 5.74) is 4.08. The second kappa shape index (κ2) is 11.0. The highest BCUT2D eigenvalue weighted by molar-refractivity contribution is 6.31. The van der Waals surface area contributed by atoms with Gasteiger partial charge in [-0.05, 0) is 54.3 Å². The highest BCUT2D eigenvalue weighted by Crippen LogP contribution is 2.19. The third kappa shape index (κ3) is 5.74. The molecule has 0 atom stereocenters. The zero-order valence-electron chi connectivity index (χ0n) is 17.7. The summed E-state index contributed by atoms with van der Waals surface area (Å²) in [6.45, 7) is 4.59. The molecule has 4 nitrogen and oxygen atoms in total. The fourth-order valence-electron chi connectivity index (χ4n) is 3.47. The molecule has 3 aromatic rings. The van der Waals surface area contributed by atoms with Gasteiger partial charge in [-0.15, -0.1) is 0 Å². The molecule has 0 aliphatic carbocycles. The molecular formula is C25H29ClN2O2. The van der Waals surface area contributed by atoms with Crippen LogP contribution in [0.1, 0.15) is 40.5 Å². The van der Waals surface area contributed by atoms with E-state index in [1.54, 1.807) is 7.11 Å². The first-order valence-corrected chi connectivity index (χ1v) is 10.7. The predicted octanol–water partition coefficient (Wildman–Crippen LogP) is 5.43. The van der Waals surface area contributed by atoms with Gasteiger partial charge in [0.1, 0.15) is 0 Å². The van der Waals surface area contributed by atoms with Crippen molar-refractivity contribution in [2.24, 2.45) is 0 Å². The van der Waals surface area contributed by atoms with Crippen LogP contribution in [0.5, 0.6) is 0 Å². The quantitative estimate of drug-likeness (QED) is 0.406. The van der Waals surface area contributed by atoms with Crippen molar-refractivity contribution < 1.29 is 9.53 Å². The van der Waals surface area contributed by atoms with Crippen LogP contribution in [0.3, 0.4) is 0 Å². The van der Waals surface area contributed by atoms with E-state index in [1.165, 1.54) is 5.56 Å². The van der Waals surface area contributed by atoms with E-state index in [2.05, 4.69) is 17.6 Å². The number of rotatable bonds is 10. The first kappa shape index (κ1) is 22.1. The number of nitrogens with zero attached hydrogens (tertiary/aromatic N) is 2. The van der Waals surface area contributed by atoms with Crippen LogP contribution in [-0.2, 0) is 24.2 Å². The summed E-state index contributed by atoms with van der Waals surface area (Å²) in [5.74, 6) is 0.0410. The Balaban J connectivity index is 1.79. The Labute approximate surface area is 184 Å². The van der Waals surface area contributed by atoms with E-state index >= 15 is 0 Å². The van der Waals surface area contributed by atoms with Gasteiger partial charge in [0, 0.05) is 49.3 Å². The molecular weight excluding hydrogens is 396 g/mol. The molecule has 1 heterocycles. The first-order chi connectivity index (χ1) is 14.6. The van der Waals surface area contributed by atoms with Crippen LogP contribution in [0.25, 0.3) is 0 Å². The van der Waals surface area contributed by atoms with E-state index in [0.717, 1.165) is 29.1 Å². The molecule has 0 aliphatic rings. The van der Waals surface area contributed by atoms with Gasteiger partial charge >= 0.3 is 0 Å². The highest BCUT2D eigenvalue weighted by Gasteiger charge is 2.18. The Morgan fingerprint density at radius 1 is 1.07 bits per heavy atom. The number of aromatic nitrogens is 1. The lowest BCUT2D eigenvalue weighted by Crippen LogP contribution is -2.33. The molecule has 30 heavy (non-hydrogen) atoms. The van der Waals surface area contributed by atoms with Crippen LogP contribution < -0.4 is 0 Å². The molecule has 2 aromatic carbocycles. The zero-order valence-corrected chi connectivity index (χ0v) is 18.4. The number of carbonyl (C=O) groups is 1. The molecule has 0 spiro atoms. The first-order valence-electron chi connectivity index (χ1n) is 10.4. The second-order valence-corrected chi connectivity index (χ2v) is 7.75. The van der Waals surface area contributed by atoms with Gasteiger partial charge in [-0.3, -0.25) is 4.79 Å². The van der Waals surface area contributed by atoms with E-state index < -0.39 is 0 Å². The maximum Gasteiger partial charge on any atom is 0.254 e. The van der Waals surface area contributed by atoms with Gasteiger partial charge < -0.3 is 14.2 Å². The molecule has 0 unspecified atom stereocenters. The summed E-state index contributed by atoms with van der Waals surface area (Å²) in [7, 11) is 1.68. The van der Waals surface area contributed by atoms with Crippen LogP contribution >= 0.6 is 11.6 Å². The summed E-state index contributed by atoms with van der Waals surface area (Å²) in [6.07, 6.45) is 3.79. The van der Waals surface area contributed by atoms with E-state index in [4.69, 9.17) is 16.3 Å². The molecule has 0 fully saturated rings.